The van der Waals surface area contributed by atoms with Crippen molar-refractivity contribution in [3.8, 4) is 16.9 Å². The maximum Gasteiger partial charge on any atom is 0.246 e. The fourth-order valence-corrected chi connectivity index (χ4v) is 4.28. The average molecular weight is 529 g/mol. The van der Waals surface area contributed by atoms with Gasteiger partial charge in [-0.1, -0.05) is 74.0 Å². The second-order valence-electron chi connectivity index (χ2n) is 9.98. The number of benzene rings is 3. The molecule has 196 valence electrons. The summed E-state index contributed by atoms with van der Waals surface area (Å²) in [6, 6.07) is 23.2. The molecular weight excluding hydrogens is 496 g/mol. The van der Waals surface area contributed by atoms with Gasteiger partial charge in [-0.25, -0.2) is 4.98 Å². The zero-order valence-corrected chi connectivity index (χ0v) is 23.0. The van der Waals surface area contributed by atoms with Gasteiger partial charge in [0.05, 0.1) is 5.69 Å². The summed E-state index contributed by atoms with van der Waals surface area (Å²) in [5, 5.41) is 3.60. The summed E-state index contributed by atoms with van der Waals surface area (Å²) in [5.41, 5.74) is 5.75. The van der Waals surface area contributed by atoms with E-state index in [0.29, 0.717) is 29.6 Å². The van der Waals surface area contributed by atoms with Gasteiger partial charge in [-0.3, -0.25) is 19.5 Å². The lowest BCUT2D eigenvalue weighted by atomic mass is 10.1. The van der Waals surface area contributed by atoms with Gasteiger partial charge in [0.2, 0.25) is 17.8 Å². The Morgan fingerprint density at radius 1 is 0.974 bits per heavy atom. The molecule has 1 heterocycles. The molecule has 0 saturated carbocycles. The van der Waals surface area contributed by atoms with E-state index in [4.69, 9.17) is 16.6 Å². The first-order valence-corrected chi connectivity index (χ1v) is 13.1. The van der Waals surface area contributed by atoms with Gasteiger partial charge in [0.25, 0.3) is 0 Å². The van der Waals surface area contributed by atoms with Crippen molar-refractivity contribution in [1.82, 2.24) is 14.5 Å². The zero-order valence-electron chi connectivity index (χ0n) is 22.2. The van der Waals surface area contributed by atoms with Crippen LogP contribution in [-0.4, -0.2) is 32.8 Å². The molecule has 3 aromatic carbocycles. The summed E-state index contributed by atoms with van der Waals surface area (Å²) < 4.78 is 1.87. The van der Waals surface area contributed by atoms with Gasteiger partial charge < -0.3 is 4.90 Å². The summed E-state index contributed by atoms with van der Waals surface area (Å²) in [5.74, 6) is 0.211. The Hall–Kier alpha value is -3.90. The van der Waals surface area contributed by atoms with Gasteiger partial charge in [0.15, 0.2) is 0 Å². The summed E-state index contributed by atoms with van der Waals surface area (Å²) in [4.78, 5) is 32.7. The van der Waals surface area contributed by atoms with Crippen molar-refractivity contribution < 1.29 is 9.59 Å². The largest absolute Gasteiger partial charge is 0.329 e. The first kappa shape index (κ1) is 27.1. The highest BCUT2D eigenvalue weighted by molar-refractivity contribution is 6.30. The van der Waals surface area contributed by atoms with Crippen molar-refractivity contribution in [2.45, 2.75) is 40.7 Å². The maximum absolute atomic E-state index is 13.3. The minimum absolute atomic E-state index is 0.0571. The topological polar surface area (TPSA) is 67.2 Å². The van der Waals surface area contributed by atoms with Gasteiger partial charge in [-0.05, 0) is 60.7 Å². The van der Waals surface area contributed by atoms with Crippen molar-refractivity contribution in [3.05, 3.63) is 101 Å². The molecule has 0 fully saturated rings. The number of aryl methyl sites for hydroxylation is 2. The van der Waals surface area contributed by atoms with Gasteiger partial charge in [-0.2, -0.15) is 0 Å². The molecule has 0 spiro atoms. The number of nitrogens with zero attached hydrogens (tertiary/aromatic N) is 3. The van der Waals surface area contributed by atoms with Crippen LogP contribution in [0.15, 0.2) is 79.0 Å². The summed E-state index contributed by atoms with van der Waals surface area (Å²) in [7, 11) is 0. The highest BCUT2D eigenvalue weighted by atomic mass is 35.5. The molecule has 0 aliphatic heterocycles. The maximum atomic E-state index is 13.3. The number of hydrogen-bond acceptors (Lipinski definition) is 3. The van der Waals surface area contributed by atoms with Crippen molar-refractivity contribution in [2.75, 3.05) is 11.9 Å². The third-order valence-corrected chi connectivity index (χ3v) is 6.60. The molecule has 0 atom stereocenters. The molecule has 38 heavy (non-hydrogen) atoms. The molecule has 0 radical (unpaired) electrons. The molecule has 0 saturated heterocycles. The molecule has 1 N–H and O–H groups in total. The second kappa shape index (κ2) is 12.1. The van der Waals surface area contributed by atoms with E-state index in [1.165, 1.54) is 5.56 Å². The summed E-state index contributed by atoms with van der Waals surface area (Å²) in [6.45, 7) is 8.40. The van der Waals surface area contributed by atoms with Crippen molar-refractivity contribution >= 4 is 29.4 Å². The number of imidazole rings is 1. The smallest absolute Gasteiger partial charge is 0.246 e. The predicted octanol–water partition coefficient (Wildman–Crippen LogP) is 6.82. The predicted molar refractivity (Wildman–Crippen MR) is 153 cm³/mol. The number of rotatable bonds is 9. The molecule has 0 unspecified atom stereocenters. The molecule has 1 aromatic heterocycles. The van der Waals surface area contributed by atoms with Crippen LogP contribution in [0.2, 0.25) is 5.02 Å². The van der Waals surface area contributed by atoms with E-state index >= 15 is 0 Å². The minimum Gasteiger partial charge on any atom is -0.329 e. The highest BCUT2D eigenvalue weighted by Crippen LogP contribution is 2.26. The lowest BCUT2D eigenvalue weighted by Crippen LogP contribution is -2.38. The van der Waals surface area contributed by atoms with Crippen molar-refractivity contribution in [2.24, 2.45) is 5.92 Å². The van der Waals surface area contributed by atoms with Crippen LogP contribution in [-0.2, 0) is 16.1 Å². The van der Waals surface area contributed by atoms with Crippen LogP contribution in [0.5, 0.6) is 0 Å². The summed E-state index contributed by atoms with van der Waals surface area (Å²) >= 11 is 6.08. The molecule has 0 aliphatic rings. The quantitative estimate of drug-likeness (QED) is 0.259. The number of anilines is 1. The molecule has 0 bridgehead atoms. The van der Waals surface area contributed by atoms with Crippen LogP contribution in [0, 0.1) is 19.8 Å². The van der Waals surface area contributed by atoms with E-state index in [0.717, 1.165) is 22.4 Å². The Kier molecular flexibility index (Phi) is 8.64. The normalized spacial score (nSPS) is 11.0. The van der Waals surface area contributed by atoms with E-state index < -0.39 is 0 Å². The number of halogens is 1. The molecule has 7 heteroatoms. The monoisotopic (exact) mass is 528 g/mol. The zero-order chi connectivity index (χ0) is 27.2. The number of amides is 2. The number of aromatic nitrogens is 2. The Morgan fingerprint density at radius 2 is 1.68 bits per heavy atom. The van der Waals surface area contributed by atoms with Crippen molar-refractivity contribution in [3.63, 3.8) is 0 Å². The molecule has 4 rings (SSSR count). The Balaban J connectivity index is 1.63. The minimum atomic E-state index is -0.309. The molecule has 6 nitrogen and oxygen atoms in total. The van der Waals surface area contributed by atoms with Gasteiger partial charge in [0.1, 0.15) is 6.54 Å². The lowest BCUT2D eigenvalue weighted by Gasteiger charge is -2.23. The Bertz CT molecular complexity index is 1410. The van der Waals surface area contributed by atoms with Gasteiger partial charge >= 0.3 is 0 Å². The van der Waals surface area contributed by atoms with Gasteiger partial charge in [0, 0.05) is 35.4 Å². The van der Waals surface area contributed by atoms with E-state index in [2.05, 4.69) is 25.2 Å². The molecule has 4 aromatic rings. The third-order valence-electron chi connectivity index (χ3n) is 6.35. The van der Waals surface area contributed by atoms with E-state index in [1.807, 2.05) is 91.3 Å². The SMILES string of the molecule is Cc1ccc(-n2cc(-c3ccc(Cl)cc3)nc2NC(=O)CN(Cc2ccccc2)C(=O)CC(C)C)cc1C. The molecule has 2 amide bonds. The number of hydrogen-bond donors (Lipinski definition) is 1. The first-order valence-electron chi connectivity index (χ1n) is 12.7. The average Bonchev–Trinajstić information content (AvgIpc) is 3.29. The highest BCUT2D eigenvalue weighted by Gasteiger charge is 2.21. The summed E-state index contributed by atoms with van der Waals surface area (Å²) in [6.07, 6.45) is 2.27. The number of carbonyl (C=O) groups excluding carboxylic acids is 2. The van der Waals surface area contributed by atoms with Crippen LogP contribution in [0.25, 0.3) is 16.9 Å². The van der Waals surface area contributed by atoms with E-state index in [9.17, 15) is 9.59 Å². The molecular formula is C31H33ClN4O2. The Labute approximate surface area is 229 Å². The van der Waals surface area contributed by atoms with E-state index in [1.54, 1.807) is 4.90 Å². The van der Waals surface area contributed by atoms with Crippen LogP contribution in [0.1, 0.15) is 37.0 Å². The van der Waals surface area contributed by atoms with Gasteiger partial charge in [-0.15, -0.1) is 0 Å². The van der Waals surface area contributed by atoms with Crippen LogP contribution in [0.4, 0.5) is 5.95 Å². The third kappa shape index (κ3) is 6.90. The number of nitrogens with one attached hydrogen (secondary N) is 1. The fourth-order valence-electron chi connectivity index (χ4n) is 4.15. The Morgan fingerprint density at radius 3 is 2.34 bits per heavy atom. The van der Waals surface area contributed by atoms with Crippen LogP contribution < -0.4 is 5.32 Å². The molecule has 0 aliphatic carbocycles. The van der Waals surface area contributed by atoms with Crippen LogP contribution >= 0.6 is 11.6 Å². The second-order valence-corrected chi connectivity index (χ2v) is 10.4. The van der Waals surface area contributed by atoms with E-state index in [-0.39, 0.29) is 24.3 Å². The standard InChI is InChI=1S/C31H33ClN4O2/c1-21(2)16-30(38)35(18-24-8-6-5-7-9-24)20-29(37)34-31-33-28(25-11-13-26(32)14-12-25)19-36(31)27-15-10-22(3)23(4)17-27/h5-15,17,19,21H,16,18,20H2,1-4H3,(H,33,34,37). The first-order chi connectivity index (χ1) is 18.2. The van der Waals surface area contributed by atoms with Crippen LogP contribution in [0.3, 0.4) is 0 Å². The van der Waals surface area contributed by atoms with Crippen molar-refractivity contribution in [1.29, 1.82) is 0 Å². The lowest BCUT2D eigenvalue weighted by molar-refractivity contribution is -0.136. The fraction of sp³-hybridized carbons (Fsp3) is 0.258. The number of carbonyl (C=O) groups is 2.